The van der Waals surface area contributed by atoms with Crippen molar-refractivity contribution in [3.8, 4) is 0 Å². The fourth-order valence-electron chi connectivity index (χ4n) is 4.20. The van der Waals surface area contributed by atoms with Crippen molar-refractivity contribution in [2.75, 3.05) is 13.1 Å². The predicted molar refractivity (Wildman–Crippen MR) is 140 cm³/mol. The van der Waals surface area contributed by atoms with Gasteiger partial charge in [0.1, 0.15) is 12.1 Å². The topological polar surface area (TPSA) is 159 Å². The summed E-state index contributed by atoms with van der Waals surface area (Å²) in [5.41, 5.74) is 4.95. The lowest BCUT2D eigenvalue weighted by atomic mass is 9.84. The van der Waals surface area contributed by atoms with Gasteiger partial charge in [0.15, 0.2) is 5.78 Å². The fourth-order valence-corrected chi connectivity index (χ4v) is 4.20. The molecule has 6 N–H and O–H groups in total. The maximum atomic E-state index is 13.5. The molecule has 37 heavy (non-hydrogen) atoms. The normalized spacial score (nSPS) is 26.1. The summed E-state index contributed by atoms with van der Waals surface area (Å²) in [5.74, 6) is -3.06. The van der Waals surface area contributed by atoms with E-state index < -0.39 is 41.3 Å². The number of carbonyl (C=O) groups excluding carboxylic acids is 5. The van der Waals surface area contributed by atoms with Gasteiger partial charge in [-0.1, -0.05) is 51.1 Å². The first-order chi connectivity index (χ1) is 17.5. The Kier molecular flexibility index (Phi) is 11.2. The van der Waals surface area contributed by atoms with Crippen LogP contribution in [0.25, 0.3) is 0 Å². The zero-order valence-electron chi connectivity index (χ0n) is 22.3. The fraction of sp³-hybridized carbons (Fsp3) is 0.593. The summed E-state index contributed by atoms with van der Waals surface area (Å²) in [7, 11) is 0. The summed E-state index contributed by atoms with van der Waals surface area (Å²) in [5, 5.41) is 11.2. The SMILES string of the molecule is CC[C@@H]1NC(=O)C(CCCN)CC(=O)[C@](C)(NC(=O)C(C)C)CCNC(=O)[C@@H](c2ccccc2)NC1=O. The van der Waals surface area contributed by atoms with E-state index in [-0.39, 0.29) is 37.0 Å². The van der Waals surface area contributed by atoms with Crippen LogP contribution in [0.5, 0.6) is 0 Å². The molecule has 4 amide bonds. The first-order valence-electron chi connectivity index (χ1n) is 13.0. The van der Waals surface area contributed by atoms with Gasteiger partial charge >= 0.3 is 0 Å². The molecule has 10 nitrogen and oxygen atoms in total. The number of hydrogen-bond donors (Lipinski definition) is 5. The Bertz CT molecular complexity index is 967. The van der Waals surface area contributed by atoms with E-state index in [0.717, 1.165) is 0 Å². The van der Waals surface area contributed by atoms with Gasteiger partial charge in [-0.15, -0.1) is 0 Å². The molecule has 4 atom stereocenters. The number of benzene rings is 1. The van der Waals surface area contributed by atoms with Crippen LogP contribution in [0.4, 0.5) is 0 Å². The second kappa shape index (κ2) is 13.9. The van der Waals surface area contributed by atoms with Crippen molar-refractivity contribution in [2.45, 2.75) is 77.4 Å². The average Bonchev–Trinajstić information content (AvgIpc) is 2.87. The number of hydrogen-bond acceptors (Lipinski definition) is 6. The summed E-state index contributed by atoms with van der Waals surface area (Å²) in [6.07, 6.45) is 1.17. The smallest absolute Gasteiger partial charge is 0.247 e. The van der Waals surface area contributed by atoms with Crippen molar-refractivity contribution in [3.63, 3.8) is 0 Å². The lowest BCUT2D eigenvalue weighted by Gasteiger charge is -2.33. The van der Waals surface area contributed by atoms with Crippen LogP contribution >= 0.6 is 0 Å². The Morgan fingerprint density at radius 3 is 2.35 bits per heavy atom. The van der Waals surface area contributed by atoms with E-state index in [0.29, 0.717) is 31.4 Å². The van der Waals surface area contributed by atoms with Gasteiger partial charge in [-0.25, -0.2) is 0 Å². The molecule has 1 aliphatic heterocycles. The summed E-state index contributed by atoms with van der Waals surface area (Å²) in [6.45, 7) is 7.25. The Morgan fingerprint density at radius 2 is 1.76 bits per heavy atom. The standard InChI is InChI=1S/C27H41N5O5/c1-5-20-25(36)31-22(18-10-7-6-8-11-18)26(37)29-15-13-27(4,32-23(34)17(2)3)21(33)16-19(12-9-14-28)24(35)30-20/h6-8,10-11,17,19-20,22H,5,9,12-16,28H2,1-4H3,(H,29,37)(H,30,35)(H,31,36)(H,32,34)/t19?,20-,22+,27+/m0/s1. The van der Waals surface area contributed by atoms with Crippen molar-refractivity contribution in [3.05, 3.63) is 35.9 Å². The minimum absolute atomic E-state index is 0.0789. The number of amides is 4. The molecule has 1 heterocycles. The van der Waals surface area contributed by atoms with Gasteiger partial charge in [-0.05, 0) is 44.7 Å². The highest BCUT2D eigenvalue weighted by atomic mass is 16.2. The van der Waals surface area contributed by atoms with Crippen LogP contribution in [0.2, 0.25) is 0 Å². The third-order valence-corrected chi connectivity index (χ3v) is 6.75. The van der Waals surface area contributed by atoms with Gasteiger partial charge in [0.2, 0.25) is 23.6 Å². The molecule has 1 aromatic carbocycles. The van der Waals surface area contributed by atoms with Crippen LogP contribution in [-0.4, -0.2) is 54.1 Å². The number of carbonyl (C=O) groups is 5. The third-order valence-electron chi connectivity index (χ3n) is 6.75. The molecular formula is C27H41N5O5. The molecule has 1 aromatic rings. The number of Topliss-reactive ketones (excluding diaryl/α,β-unsaturated/α-hetero) is 1. The Labute approximate surface area is 218 Å². The lowest BCUT2D eigenvalue weighted by molar-refractivity contribution is -0.137. The third kappa shape index (κ3) is 8.38. The van der Waals surface area contributed by atoms with Crippen LogP contribution < -0.4 is 27.0 Å². The van der Waals surface area contributed by atoms with Gasteiger partial charge in [0, 0.05) is 24.8 Å². The minimum Gasteiger partial charge on any atom is -0.354 e. The highest BCUT2D eigenvalue weighted by molar-refractivity contribution is 5.97. The quantitative estimate of drug-likeness (QED) is 0.366. The van der Waals surface area contributed by atoms with E-state index in [1.807, 2.05) is 0 Å². The van der Waals surface area contributed by atoms with Crippen LogP contribution in [-0.2, 0) is 24.0 Å². The van der Waals surface area contributed by atoms with Gasteiger partial charge < -0.3 is 27.0 Å². The molecule has 1 aliphatic rings. The highest BCUT2D eigenvalue weighted by Crippen LogP contribution is 2.22. The number of rotatable bonds is 7. The summed E-state index contributed by atoms with van der Waals surface area (Å²) >= 11 is 0. The molecule has 1 saturated heterocycles. The van der Waals surface area contributed by atoms with Crippen LogP contribution in [0.3, 0.4) is 0 Å². The summed E-state index contributed by atoms with van der Waals surface area (Å²) in [4.78, 5) is 65.7. The molecule has 0 bridgehead atoms. The van der Waals surface area contributed by atoms with E-state index in [1.165, 1.54) is 0 Å². The van der Waals surface area contributed by atoms with Crippen molar-refractivity contribution < 1.29 is 24.0 Å². The van der Waals surface area contributed by atoms with Crippen molar-refractivity contribution >= 4 is 29.4 Å². The van der Waals surface area contributed by atoms with E-state index in [4.69, 9.17) is 5.73 Å². The lowest BCUT2D eigenvalue weighted by Crippen LogP contribution is -2.57. The second-order valence-corrected chi connectivity index (χ2v) is 10.1. The molecule has 1 fully saturated rings. The van der Waals surface area contributed by atoms with Crippen LogP contribution in [0.15, 0.2) is 30.3 Å². The largest absolute Gasteiger partial charge is 0.354 e. The van der Waals surface area contributed by atoms with E-state index in [2.05, 4.69) is 21.3 Å². The molecule has 0 spiro atoms. The minimum atomic E-state index is -1.30. The molecule has 204 valence electrons. The zero-order chi connectivity index (χ0) is 27.6. The van der Waals surface area contributed by atoms with Crippen molar-refractivity contribution in [2.24, 2.45) is 17.6 Å². The number of nitrogens with one attached hydrogen (secondary N) is 4. The Morgan fingerprint density at radius 1 is 1.08 bits per heavy atom. The van der Waals surface area contributed by atoms with Gasteiger partial charge in [-0.3, -0.25) is 24.0 Å². The van der Waals surface area contributed by atoms with Gasteiger partial charge in [0.25, 0.3) is 0 Å². The van der Waals surface area contributed by atoms with Gasteiger partial charge in [0.05, 0.1) is 5.54 Å². The van der Waals surface area contributed by atoms with Gasteiger partial charge in [-0.2, -0.15) is 0 Å². The van der Waals surface area contributed by atoms with Crippen molar-refractivity contribution in [1.29, 1.82) is 0 Å². The van der Waals surface area contributed by atoms with Crippen LogP contribution in [0, 0.1) is 11.8 Å². The number of nitrogens with two attached hydrogens (primary N) is 1. The Balaban J connectivity index is 2.46. The van der Waals surface area contributed by atoms with E-state index >= 15 is 0 Å². The monoisotopic (exact) mass is 515 g/mol. The molecular weight excluding hydrogens is 474 g/mol. The highest BCUT2D eigenvalue weighted by Gasteiger charge is 2.38. The van der Waals surface area contributed by atoms with Crippen LogP contribution in [0.1, 0.15) is 71.4 Å². The average molecular weight is 516 g/mol. The van der Waals surface area contributed by atoms with E-state index in [9.17, 15) is 24.0 Å². The maximum absolute atomic E-state index is 13.5. The molecule has 0 aromatic heterocycles. The number of ketones is 1. The first kappa shape index (κ1) is 30.0. The Hall–Kier alpha value is -3.27. The van der Waals surface area contributed by atoms with Crippen molar-refractivity contribution in [1.82, 2.24) is 21.3 Å². The van der Waals surface area contributed by atoms with E-state index in [1.54, 1.807) is 58.0 Å². The molecule has 0 aliphatic carbocycles. The first-order valence-corrected chi connectivity index (χ1v) is 13.0. The summed E-state index contributed by atoms with van der Waals surface area (Å²) < 4.78 is 0. The molecule has 10 heteroatoms. The predicted octanol–water partition coefficient (Wildman–Crippen LogP) is 1.10. The zero-order valence-corrected chi connectivity index (χ0v) is 22.3. The molecule has 2 rings (SSSR count). The molecule has 0 radical (unpaired) electrons. The second-order valence-electron chi connectivity index (χ2n) is 10.1. The molecule has 1 unspecified atom stereocenters. The maximum Gasteiger partial charge on any atom is 0.247 e. The molecule has 0 saturated carbocycles. The summed E-state index contributed by atoms with van der Waals surface area (Å²) in [6, 6.07) is 6.90.